The normalized spacial score (nSPS) is 12.9. The van der Waals surface area contributed by atoms with Gasteiger partial charge in [-0.25, -0.2) is 4.79 Å². The number of nitrogens with one attached hydrogen (secondary N) is 1. The van der Waals surface area contributed by atoms with E-state index in [1.807, 2.05) is 24.3 Å². The summed E-state index contributed by atoms with van der Waals surface area (Å²) in [6.45, 7) is 0.393. The van der Waals surface area contributed by atoms with Crippen molar-refractivity contribution in [3.63, 3.8) is 0 Å². The van der Waals surface area contributed by atoms with Crippen LogP contribution in [-0.2, 0) is 11.3 Å². The predicted molar refractivity (Wildman–Crippen MR) is 128 cm³/mol. The molecule has 1 aromatic heterocycles. The van der Waals surface area contributed by atoms with Crippen LogP contribution in [0, 0.1) is 0 Å². The van der Waals surface area contributed by atoms with E-state index in [2.05, 4.69) is 5.32 Å². The molecule has 1 atom stereocenters. The predicted octanol–water partition coefficient (Wildman–Crippen LogP) is 4.07. The zero-order valence-electron chi connectivity index (χ0n) is 18.9. The van der Waals surface area contributed by atoms with E-state index in [0.717, 1.165) is 11.3 Å². The van der Waals surface area contributed by atoms with Crippen molar-refractivity contribution in [1.82, 2.24) is 5.32 Å². The Hall–Kier alpha value is -4.46. The molecule has 0 spiro atoms. The first-order valence-corrected chi connectivity index (χ1v) is 11.1. The molecule has 0 unspecified atom stereocenters. The lowest BCUT2D eigenvalue weighted by Crippen LogP contribution is -2.26. The lowest BCUT2D eigenvalue weighted by Gasteiger charge is -2.19. The van der Waals surface area contributed by atoms with Crippen LogP contribution in [0.15, 0.2) is 75.9 Å². The fourth-order valence-electron chi connectivity index (χ4n) is 4.17. The Balaban J connectivity index is 1.48. The van der Waals surface area contributed by atoms with Crippen LogP contribution in [-0.4, -0.2) is 24.9 Å². The Kier molecular flexibility index (Phi) is 6.01. The van der Waals surface area contributed by atoms with Crippen LogP contribution < -0.4 is 25.2 Å². The molecule has 0 saturated carbocycles. The van der Waals surface area contributed by atoms with Crippen molar-refractivity contribution in [3.8, 4) is 23.0 Å². The molecule has 0 aliphatic carbocycles. The van der Waals surface area contributed by atoms with Crippen LogP contribution in [0.2, 0.25) is 0 Å². The maximum absolute atomic E-state index is 13.0. The number of ether oxygens (including phenoxy) is 3. The fourth-order valence-corrected chi connectivity index (χ4v) is 4.17. The smallest absolute Gasteiger partial charge is 0.343 e. The van der Waals surface area contributed by atoms with Gasteiger partial charge in [0.25, 0.3) is 0 Å². The number of methoxy groups -OCH3 is 1. The molecule has 0 bridgehead atoms. The molecular weight excluding hydrogens is 450 g/mol. The quantitative estimate of drug-likeness (QED) is 0.390. The van der Waals surface area contributed by atoms with E-state index in [0.29, 0.717) is 29.0 Å². The van der Waals surface area contributed by atoms with E-state index in [-0.39, 0.29) is 36.0 Å². The van der Waals surface area contributed by atoms with Crippen LogP contribution in [0.5, 0.6) is 23.0 Å². The zero-order chi connectivity index (χ0) is 24.4. The van der Waals surface area contributed by atoms with Gasteiger partial charge in [0.15, 0.2) is 11.5 Å². The minimum absolute atomic E-state index is 0.0159. The molecule has 1 amide bonds. The van der Waals surface area contributed by atoms with Crippen molar-refractivity contribution in [3.05, 3.63) is 93.8 Å². The van der Waals surface area contributed by atoms with E-state index in [1.54, 1.807) is 49.6 Å². The summed E-state index contributed by atoms with van der Waals surface area (Å²) in [5.41, 5.74) is 1.10. The molecule has 35 heavy (non-hydrogen) atoms. The number of fused-ring (bicyclic) bond motifs is 2. The molecular formula is C27H23NO7. The third-order valence-electron chi connectivity index (χ3n) is 6.01. The van der Waals surface area contributed by atoms with Crippen LogP contribution in [0.3, 0.4) is 0 Å². The van der Waals surface area contributed by atoms with E-state index >= 15 is 0 Å². The van der Waals surface area contributed by atoms with E-state index in [9.17, 15) is 14.7 Å². The summed E-state index contributed by atoms with van der Waals surface area (Å²) in [5.74, 6) is 0.530. The summed E-state index contributed by atoms with van der Waals surface area (Å²) >= 11 is 0. The van der Waals surface area contributed by atoms with Crippen molar-refractivity contribution in [2.24, 2.45) is 0 Å². The Morgan fingerprint density at radius 2 is 1.83 bits per heavy atom. The highest BCUT2D eigenvalue weighted by molar-refractivity contribution is 5.85. The maximum atomic E-state index is 13.0. The van der Waals surface area contributed by atoms with Crippen molar-refractivity contribution in [2.75, 3.05) is 13.9 Å². The Labute approximate surface area is 200 Å². The molecule has 0 fully saturated rings. The molecule has 5 rings (SSSR count). The van der Waals surface area contributed by atoms with E-state index in [1.165, 1.54) is 0 Å². The molecule has 2 N–H and O–H groups in total. The van der Waals surface area contributed by atoms with Crippen molar-refractivity contribution < 1.29 is 28.5 Å². The minimum atomic E-state index is -0.777. The van der Waals surface area contributed by atoms with Crippen molar-refractivity contribution in [2.45, 2.75) is 18.9 Å². The van der Waals surface area contributed by atoms with Gasteiger partial charge in [-0.3, -0.25) is 4.79 Å². The molecule has 8 nitrogen and oxygen atoms in total. The summed E-state index contributed by atoms with van der Waals surface area (Å²) in [4.78, 5) is 26.0. The average molecular weight is 473 g/mol. The molecule has 1 aliphatic heterocycles. The highest BCUT2D eigenvalue weighted by atomic mass is 16.7. The lowest BCUT2D eigenvalue weighted by molar-refractivity contribution is -0.121. The number of benzene rings is 3. The summed E-state index contributed by atoms with van der Waals surface area (Å²) in [7, 11) is 1.59. The monoisotopic (exact) mass is 473 g/mol. The molecule has 0 saturated heterocycles. The standard InChI is InChI=1S/C27H23NO7/c1-32-18-9-6-16(7-10-18)14-28-24(29)13-20(17-8-11-22-23(12-17)34-15-33-22)25-26(30)19-4-2-3-5-21(19)35-27(25)31/h2-12,20,30H,13-15H2,1H3,(H,28,29)/t20-/m1/s1. The van der Waals surface area contributed by atoms with Crippen molar-refractivity contribution >= 4 is 16.9 Å². The van der Waals surface area contributed by atoms with Gasteiger partial charge in [-0.05, 0) is 47.5 Å². The number of hydrogen-bond donors (Lipinski definition) is 2. The highest BCUT2D eigenvalue weighted by Crippen LogP contribution is 2.40. The van der Waals surface area contributed by atoms with E-state index in [4.69, 9.17) is 18.6 Å². The largest absolute Gasteiger partial charge is 0.507 e. The first kappa shape index (κ1) is 22.3. The number of para-hydroxylation sites is 1. The second kappa shape index (κ2) is 9.42. The third kappa shape index (κ3) is 4.50. The molecule has 3 aromatic carbocycles. The van der Waals surface area contributed by atoms with Gasteiger partial charge in [0.2, 0.25) is 12.7 Å². The number of aromatic hydroxyl groups is 1. The zero-order valence-corrected chi connectivity index (χ0v) is 18.9. The second-order valence-corrected chi connectivity index (χ2v) is 8.14. The summed E-state index contributed by atoms with van der Waals surface area (Å²) in [5, 5.41) is 14.3. The number of carbonyl (C=O) groups is 1. The number of carbonyl (C=O) groups excluding carboxylic acids is 1. The summed E-state index contributed by atoms with van der Waals surface area (Å²) in [6.07, 6.45) is -0.0908. The van der Waals surface area contributed by atoms with Gasteiger partial charge < -0.3 is 29.1 Å². The number of hydrogen-bond acceptors (Lipinski definition) is 7. The van der Waals surface area contributed by atoms with Gasteiger partial charge in [0, 0.05) is 18.9 Å². The Bertz CT molecular complexity index is 1440. The van der Waals surface area contributed by atoms with Gasteiger partial charge >= 0.3 is 5.63 Å². The molecule has 178 valence electrons. The topological polar surface area (TPSA) is 107 Å². The van der Waals surface area contributed by atoms with Crippen LogP contribution >= 0.6 is 0 Å². The first-order chi connectivity index (χ1) is 17.0. The molecule has 8 heteroatoms. The van der Waals surface area contributed by atoms with Gasteiger partial charge in [0.05, 0.1) is 18.1 Å². The molecule has 2 heterocycles. The first-order valence-electron chi connectivity index (χ1n) is 11.1. The average Bonchev–Trinajstić information content (AvgIpc) is 3.35. The van der Waals surface area contributed by atoms with Gasteiger partial charge in [-0.15, -0.1) is 0 Å². The summed E-state index contributed by atoms with van der Waals surface area (Å²) in [6, 6.07) is 19.3. The van der Waals surface area contributed by atoms with Crippen LogP contribution in [0.1, 0.15) is 29.0 Å². The molecule has 1 aliphatic rings. The fraction of sp³-hybridized carbons (Fsp3) is 0.185. The second-order valence-electron chi connectivity index (χ2n) is 8.14. The maximum Gasteiger partial charge on any atom is 0.343 e. The van der Waals surface area contributed by atoms with Gasteiger partial charge in [0.1, 0.15) is 17.1 Å². The molecule has 0 radical (unpaired) electrons. The third-order valence-corrected chi connectivity index (χ3v) is 6.01. The molecule has 4 aromatic rings. The minimum Gasteiger partial charge on any atom is -0.507 e. The van der Waals surface area contributed by atoms with E-state index < -0.39 is 11.5 Å². The van der Waals surface area contributed by atoms with Crippen molar-refractivity contribution in [1.29, 1.82) is 0 Å². The Morgan fingerprint density at radius 3 is 2.63 bits per heavy atom. The SMILES string of the molecule is COc1ccc(CNC(=O)C[C@H](c2ccc3c(c2)OCO3)c2c(O)c3ccccc3oc2=O)cc1. The van der Waals surface area contributed by atoms with Gasteiger partial charge in [-0.1, -0.05) is 30.3 Å². The van der Waals surface area contributed by atoms with Crippen LogP contribution in [0.4, 0.5) is 0 Å². The Morgan fingerprint density at radius 1 is 1.06 bits per heavy atom. The van der Waals surface area contributed by atoms with Gasteiger partial charge in [-0.2, -0.15) is 0 Å². The lowest BCUT2D eigenvalue weighted by atomic mass is 9.87. The number of amides is 1. The van der Waals surface area contributed by atoms with Crippen LogP contribution in [0.25, 0.3) is 11.0 Å². The summed E-state index contributed by atoms with van der Waals surface area (Å²) < 4.78 is 21.5. The highest BCUT2D eigenvalue weighted by Gasteiger charge is 2.28. The number of rotatable bonds is 7.